The summed E-state index contributed by atoms with van der Waals surface area (Å²) in [6.45, 7) is 6.97. The number of esters is 2. The second-order valence-electron chi connectivity index (χ2n) is 6.57. The maximum absolute atomic E-state index is 12.0. The van der Waals surface area contributed by atoms with E-state index in [9.17, 15) is 9.59 Å². The lowest BCUT2D eigenvalue weighted by molar-refractivity contribution is -0.129. The fourth-order valence-electron chi connectivity index (χ4n) is 3.49. The number of fused-ring (bicyclic) bond motifs is 2. The second kappa shape index (κ2) is 8.05. The van der Waals surface area contributed by atoms with Gasteiger partial charge in [0.2, 0.25) is 0 Å². The minimum absolute atomic E-state index is 0.353. The van der Waals surface area contributed by atoms with Crippen molar-refractivity contribution in [2.75, 3.05) is 0 Å². The molecule has 146 valence electrons. The van der Waals surface area contributed by atoms with Crippen LogP contribution in [0.1, 0.15) is 0 Å². The van der Waals surface area contributed by atoms with Gasteiger partial charge in [0.05, 0.1) is 0 Å². The number of ether oxygens (including phenoxy) is 2. The minimum Gasteiger partial charge on any atom is -0.423 e. The number of carbonyl (C=O) groups excluding carboxylic acids is 2. The van der Waals surface area contributed by atoms with Crippen molar-refractivity contribution < 1.29 is 19.1 Å². The van der Waals surface area contributed by atoms with Crippen molar-refractivity contribution in [2.24, 2.45) is 0 Å². The van der Waals surface area contributed by atoms with Crippen LogP contribution in [0.15, 0.2) is 98.1 Å². The van der Waals surface area contributed by atoms with Gasteiger partial charge in [-0.2, -0.15) is 0 Å². The van der Waals surface area contributed by atoms with E-state index < -0.39 is 11.9 Å². The van der Waals surface area contributed by atoms with E-state index in [4.69, 9.17) is 9.47 Å². The SMILES string of the molecule is C=CC(=O)Oc1ccc2ccccc2c1-c1c(OC(=O)C=C)ccc2ccccc12. The molecule has 0 radical (unpaired) electrons. The number of hydrogen-bond donors (Lipinski definition) is 0. The van der Waals surface area contributed by atoms with Crippen molar-refractivity contribution in [3.05, 3.63) is 98.1 Å². The molecule has 0 spiro atoms. The smallest absolute Gasteiger partial charge is 0.335 e. The molecule has 0 saturated carbocycles. The monoisotopic (exact) mass is 394 g/mol. The first-order chi connectivity index (χ1) is 14.6. The van der Waals surface area contributed by atoms with Crippen LogP contribution in [-0.2, 0) is 9.59 Å². The largest absolute Gasteiger partial charge is 0.423 e. The van der Waals surface area contributed by atoms with Crippen molar-refractivity contribution in [3.63, 3.8) is 0 Å². The first-order valence-electron chi connectivity index (χ1n) is 9.34. The summed E-state index contributed by atoms with van der Waals surface area (Å²) in [5.74, 6) is -0.440. The predicted octanol–water partition coefficient (Wildman–Crippen LogP) is 5.84. The molecule has 30 heavy (non-hydrogen) atoms. The Morgan fingerprint density at radius 1 is 0.600 bits per heavy atom. The average molecular weight is 394 g/mol. The van der Waals surface area contributed by atoms with Gasteiger partial charge < -0.3 is 9.47 Å². The quantitative estimate of drug-likeness (QED) is 0.242. The van der Waals surface area contributed by atoms with Gasteiger partial charge in [-0.15, -0.1) is 0 Å². The molecule has 4 nitrogen and oxygen atoms in total. The lowest BCUT2D eigenvalue weighted by Crippen LogP contribution is -2.07. The fourth-order valence-corrected chi connectivity index (χ4v) is 3.49. The zero-order valence-electron chi connectivity index (χ0n) is 16.1. The molecule has 0 atom stereocenters. The molecule has 0 fully saturated rings. The summed E-state index contributed by atoms with van der Waals surface area (Å²) >= 11 is 0. The number of carbonyl (C=O) groups is 2. The van der Waals surface area contributed by atoms with Crippen molar-refractivity contribution in [2.45, 2.75) is 0 Å². The Labute approximate surface area is 173 Å². The summed E-state index contributed by atoms with van der Waals surface area (Å²) in [5, 5.41) is 3.64. The van der Waals surface area contributed by atoms with Gasteiger partial charge in [0.25, 0.3) is 0 Å². The highest BCUT2D eigenvalue weighted by atomic mass is 16.5. The van der Waals surface area contributed by atoms with Gasteiger partial charge >= 0.3 is 11.9 Å². The van der Waals surface area contributed by atoms with E-state index in [1.54, 1.807) is 12.1 Å². The molecule has 0 unspecified atom stereocenters. The van der Waals surface area contributed by atoms with E-state index in [2.05, 4.69) is 13.2 Å². The van der Waals surface area contributed by atoms with Gasteiger partial charge in [0.15, 0.2) is 0 Å². The summed E-state index contributed by atoms with van der Waals surface area (Å²) < 4.78 is 11.1. The number of hydrogen-bond acceptors (Lipinski definition) is 4. The Hall–Kier alpha value is -4.18. The molecule has 0 aliphatic rings. The van der Waals surface area contributed by atoms with Crippen LogP contribution in [0.4, 0.5) is 0 Å². The third-order valence-corrected chi connectivity index (χ3v) is 4.79. The van der Waals surface area contributed by atoms with E-state index in [1.165, 1.54) is 0 Å². The zero-order valence-corrected chi connectivity index (χ0v) is 16.1. The maximum Gasteiger partial charge on any atom is 0.335 e. The lowest BCUT2D eigenvalue weighted by Gasteiger charge is -2.18. The molecular formula is C26H18O4. The molecule has 0 saturated heterocycles. The fraction of sp³-hybridized carbons (Fsp3) is 0. The van der Waals surface area contributed by atoms with Crippen LogP contribution in [-0.4, -0.2) is 11.9 Å². The summed E-state index contributed by atoms with van der Waals surface area (Å²) in [6, 6.07) is 22.7. The van der Waals surface area contributed by atoms with E-state index in [1.807, 2.05) is 60.7 Å². The molecule has 0 aliphatic heterocycles. The third-order valence-electron chi connectivity index (χ3n) is 4.79. The van der Waals surface area contributed by atoms with Crippen LogP contribution < -0.4 is 9.47 Å². The van der Waals surface area contributed by atoms with Gasteiger partial charge in [-0.05, 0) is 33.7 Å². The molecule has 0 aliphatic carbocycles. The second-order valence-corrected chi connectivity index (χ2v) is 6.57. The Kier molecular flexibility index (Phi) is 5.14. The van der Waals surface area contributed by atoms with Gasteiger partial charge in [0, 0.05) is 23.3 Å². The molecule has 0 N–H and O–H groups in total. The summed E-state index contributed by atoms with van der Waals surface area (Å²) in [5.41, 5.74) is 1.32. The molecule has 0 bridgehead atoms. The Bertz CT molecular complexity index is 1210. The van der Waals surface area contributed by atoms with Crippen LogP contribution in [0, 0.1) is 0 Å². The van der Waals surface area contributed by atoms with Gasteiger partial charge in [-0.1, -0.05) is 73.8 Å². The summed E-state index contributed by atoms with van der Waals surface area (Å²) in [7, 11) is 0. The maximum atomic E-state index is 12.0. The summed E-state index contributed by atoms with van der Waals surface area (Å²) in [6.07, 6.45) is 2.22. The highest BCUT2D eigenvalue weighted by Crippen LogP contribution is 2.45. The number of rotatable bonds is 5. The van der Waals surface area contributed by atoms with E-state index in [0.717, 1.165) is 33.7 Å². The van der Waals surface area contributed by atoms with Crippen LogP contribution >= 0.6 is 0 Å². The standard InChI is InChI=1S/C26H18O4/c1-3-23(27)29-21-15-13-17-9-5-7-11-19(17)25(21)26-20-12-8-6-10-18(20)14-16-22(26)30-24(28)4-2/h3-16H,1-2H2. The van der Waals surface area contributed by atoms with Gasteiger partial charge in [0.1, 0.15) is 11.5 Å². The lowest BCUT2D eigenvalue weighted by atomic mass is 9.92. The highest BCUT2D eigenvalue weighted by Gasteiger charge is 2.20. The van der Waals surface area contributed by atoms with Crippen molar-refractivity contribution in [1.82, 2.24) is 0 Å². The van der Waals surface area contributed by atoms with Crippen molar-refractivity contribution in [3.8, 4) is 22.6 Å². The Morgan fingerprint density at radius 3 is 1.40 bits per heavy atom. The molecule has 4 aromatic rings. The first kappa shape index (κ1) is 19.2. The highest BCUT2D eigenvalue weighted by molar-refractivity contribution is 6.10. The van der Waals surface area contributed by atoms with Gasteiger partial charge in [-0.25, -0.2) is 9.59 Å². The van der Waals surface area contributed by atoms with Crippen LogP contribution in [0.5, 0.6) is 11.5 Å². The predicted molar refractivity (Wildman–Crippen MR) is 119 cm³/mol. The molecule has 4 aromatic carbocycles. The van der Waals surface area contributed by atoms with Crippen molar-refractivity contribution in [1.29, 1.82) is 0 Å². The molecule has 4 rings (SSSR count). The normalized spacial score (nSPS) is 10.5. The van der Waals surface area contributed by atoms with E-state index >= 15 is 0 Å². The van der Waals surface area contributed by atoms with Crippen LogP contribution in [0.25, 0.3) is 32.7 Å². The Morgan fingerprint density at radius 2 is 1.00 bits per heavy atom. The molecule has 0 heterocycles. The van der Waals surface area contributed by atoms with E-state index in [0.29, 0.717) is 22.6 Å². The Balaban J connectivity index is 2.12. The average Bonchev–Trinajstić information content (AvgIpc) is 2.79. The van der Waals surface area contributed by atoms with Crippen LogP contribution in [0.2, 0.25) is 0 Å². The molecule has 0 amide bonds. The topological polar surface area (TPSA) is 52.6 Å². The third kappa shape index (κ3) is 3.47. The number of benzene rings is 4. The van der Waals surface area contributed by atoms with Gasteiger partial charge in [-0.3, -0.25) is 0 Å². The van der Waals surface area contributed by atoms with E-state index in [-0.39, 0.29) is 0 Å². The molecule has 4 heteroatoms. The molecular weight excluding hydrogens is 376 g/mol. The van der Waals surface area contributed by atoms with Crippen molar-refractivity contribution >= 4 is 33.5 Å². The van der Waals surface area contributed by atoms with Crippen LogP contribution in [0.3, 0.4) is 0 Å². The first-order valence-corrected chi connectivity index (χ1v) is 9.34. The molecule has 0 aromatic heterocycles. The zero-order chi connectivity index (χ0) is 21.1. The minimum atomic E-state index is -0.573. The summed E-state index contributed by atoms with van der Waals surface area (Å²) in [4.78, 5) is 24.1.